The third-order valence-electron chi connectivity index (χ3n) is 4.39. The van der Waals surface area contributed by atoms with Crippen molar-refractivity contribution in [3.63, 3.8) is 0 Å². The average Bonchev–Trinajstić information content (AvgIpc) is 2.67. The summed E-state index contributed by atoms with van der Waals surface area (Å²) >= 11 is 0. The predicted molar refractivity (Wildman–Crippen MR) is 104 cm³/mol. The first kappa shape index (κ1) is 18.9. The van der Waals surface area contributed by atoms with Crippen molar-refractivity contribution < 1.29 is 9.53 Å². The Labute approximate surface area is 159 Å². The lowest BCUT2D eigenvalue weighted by Gasteiger charge is -2.31. The molecular weight excluding hydrogens is 344 g/mol. The van der Waals surface area contributed by atoms with Crippen LogP contribution in [0.3, 0.4) is 0 Å². The summed E-state index contributed by atoms with van der Waals surface area (Å²) in [5.74, 6) is 1.37. The molecule has 3 rings (SSSR count). The van der Waals surface area contributed by atoms with E-state index in [4.69, 9.17) is 4.74 Å². The molecule has 0 saturated carbocycles. The van der Waals surface area contributed by atoms with E-state index >= 15 is 0 Å². The highest BCUT2D eigenvalue weighted by molar-refractivity contribution is 5.67. The summed E-state index contributed by atoms with van der Waals surface area (Å²) in [6.45, 7) is 6.13. The molecule has 3 heterocycles. The van der Waals surface area contributed by atoms with E-state index in [0.29, 0.717) is 32.2 Å². The van der Waals surface area contributed by atoms with Crippen molar-refractivity contribution in [2.75, 3.05) is 30.3 Å². The van der Waals surface area contributed by atoms with Crippen molar-refractivity contribution >= 4 is 17.9 Å². The highest BCUT2D eigenvalue weighted by atomic mass is 16.6. The second-order valence-corrected chi connectivity index (χ2v) is 6.50. The zero-order chi connectivity index (χ0) is 19.1. The largest absolute Gasteiger partial charge is 0.450 e. The van der Waals surface area contributed by atoms with Gasteiger partial charge in [-0.2, -0.15) is 4.98 Å². The van der Waals surface area contributed by atoms with Gasteiger partial charge in [0.25, 0.3) is 0 Å². The molecule has 0 radical (unpaired) electrons. The molecule has 1 amide bonds. The molecule has 144 valence electrons. The van der Waals surface area contributed by atoms with Gasteiger partial charge in [-0.05, 0) is 38.8 Å². The minimum absolute atomic E-state index is 0.233. The minimum Gasteiger partial charge on any atom is -0.450 e. The van der Waals surface area contributed by atoms with E-state index in [1.165, 1.54) is 0 Å². The number of ether oxygens (including phenoxy) is 1. The number of amides is 1. The zero-order valence-corrected chi connectivity index (χ0v) is 15.8. The van der Waals surface area contributed by atoms with E-state index in [1.807, 2.05) is 38.1 Å². The van der Waals surface area contributed by atoms with Gasteiger partial charge in [0.2, 0.25) is 5.95 Å². The van der Waals surface area contributed by atoms with Crippen LogP contribution in [0.4, 0.5) is 16.6 Å². The highest BCUT2D eigenvalue weighted by Gasteiger charge is 2.24. The van der Waals surface area contributed by atoms with Crippen LogP contribution < -0.4 is 10.6 Å². The molecule has 8 heteroatoms. The molecule has 0 atom stereocenters. The maximum absolute atomic E-state index is 11.8. The van der Waals surface area contributed by atoms with E-state index in [0.717, 1.165) is 30.0 Å². The number of piperidine rings is 1. The number of likely N-dealkylation sites (tertiary alicyclic amines) is 1. The number of aryl methyl sites for hydroxylation is 1. The molecular formula is C19H26N6O2. The Morgan fingerprint density at radius 3 is 2.81 bits per heavy atom. The Morgan fingerprint density at radius 2 is 2.11 bits per heavy atom. The molecule has 0 bridgehead atoms. The van der Waals surface area contributed by atoms with Gasteiger partial charge in [-0.25, -0.2) is 9.78 Å². The number of nitrogens with one attached hydrogen (secondary N) is 2. The van der Waals surface area contributed by atoms with Crippen LogP contribution in [0.2, 0.25) is 0 Å². The van der Waals surface area contributed by atoms with Crippen LogP contribution in [-0.4, -0.2) is 51.7 Å². The van der Waals surface area contributed by atoms with Crippen molar-refractivity contribution in [2.45, 2.75) is 39.3 Å². The smallest absolute Gasteiger partial charge is 0.409 e. The SMILES string of the molecule is CCOC(=O)N1CCC(Nc2nc(C)cc(NCc3ccccn3)n2)CC1. The van der Waals surface area contributed by atoms with Crippen molar-refractivity contribution in [2.24, 2.45) is 0 Å². The van der Waals surface area contributed by atoms with Gasteiger partial charge in [0.1, 0.15) is 5.82 Å². The van der Waals surface area contributed by atoms with Crippen molar-refractivity contribution in [1.82, 2.24) is 19.9 Å². The summed E-state index contributed by atoms with van der Waals surface area (Å²) in [6.07, 6.45) is 3.22. The van der Waals surface area contributed by atoms with Gasteiger partial charge in [-0.3, -0.25) is 4.98 Å². The van der Waals surface area contributed by atoms with Gasteiger partial charge < -0.3 is 20.3 Å². The van der Waals surface area contributed by atoms with Crippen molar-refractivity contribution in [3.8, 4) is 0 Å². The molecule has 1 fully saturated rings. The number of carbonyl (C=O) groups is 1. The van der Waals surface area contributed by atoms with Gasteiger partial charge in [0.05, 0.1) is 18.8 Å². The molecule has 2 aromatic heterocycles. The van der Waals surface area contributed by atoms with Gasteiger partial charge in [0, 0.05) is 37.1 Å². The van der Waals surface area contributed by atoms with Crippen molar-refractivity contribution in [3.05, 3.63) is 41.9 Å². The number of carbonyl (C=O) groups excluding carboxylic acids is 1. The molecule has 0 aromatic carbocycles. The Hall–Kier alpha value is -2.90. The van der Waals surface area contributed by atoms with Crippen molar-refractivity contribution in [1.29, 1.82) is 0 Å². The Kier molecular flexibility index (Phi) is 6.40. The fourth-order valence-electron chi connectivity index (χ4n) is 3.01. The summed E-state index contributed by atoms with van der Waals surface area (Å²) in [7, 11) is 0. The van der Waals surface area contributed by atoms with E-state index in [9.17, 15) is 4.79 Å². The number of nitrogens with zero attached hydrogens (tertiary/aromatic N) is 4. The number of pyridine rings is 1. The third kappa shape index (κ3) is 5.54. The van der Waals surface area contributed by atoms with Crippen LogP contribution in [0.25, 0.3) is 0 Å². The molecule has 0 spiro atoms. The van der Waals surface area contributed by atoms with Gasteiger partial charge in [-0.15, -0.1) is 0 Å². The van der Waals surface area contributed by atoms with Gasteiger partial charge in [0.15, 0.2) is 0 Å². The molecule has 8 nitrogen and oxygen atoms in total. The number of aromatic nitrogens is 3. The Balaban J connectivity index is 1.54. The van der Waals surface area contributed by atoms with Crippen LogP contribution in [0.5, 0.6) is 0 Å². The molecule has 27 heavy (non-hydrogen) atoms. The van der Waals surface area contributed by atoms with E-state index < -0.39 is 0 Å². The fourth-order valence-corrected chi connectivity index (χ4v) is 3.01. The summed E-state index contributed by atoms with van der Waals surface area (Å²) in [6, 6.07) is 7.98. The van der Waals surface area contributed by atoms with E-state index in [2.05, 4.69) is 25.6 Å². The zero-order valence-electron chi connectivity index (χ0n) is 15.8. The highest BCUT2D eigenvalue weighted by Crippen LogP contribution is 2.17. The standard InChI is InChI=1S/C19H26N6O2/c1-3-27-19(26)25-10-7-15(8-11-25)23-18-22-14(2)12-17(24-18)21-13-16-6-4-5-9-20-16/h4-6,9,12,15H,3,7-8,10-11,13H2,1-2H3,(H2,21,22,23,24). The first-order valence-electron chi connectivity index (χ1n) is 9.31. The second kappa shape index (κ2) is 9.16. The Bertz CT molecular complexity index is 747. The number of hydrogen-bond donors (Lipinski definition) is 2. The molecule has 0 aliphatic carbocycles. The number of anilines is 2. The van der Waals surface area contributed by atoms with Gasteiger partial charge in [-0.1, -0.05) is 6.07 Å². The molecule has 1 saturated heterocycles. The van der Waals surface area contributed by atoms with Crippen LogP contribution >= 0.6 is 0 Å². The average molecular weight is 370 g/mol. The first-order chi connectivity index (χ1) is 13.1. The summed E-state index contributed by atoms with van der Waals surface area (Å²) < 4.78 is 5.06. The van der Waals surface area contributed by atoms with Crippen LogP contribution in [-0.2, 0) is 11.3 Å². The molecule has 2 aromatic rings. The summed E-state index contributed by atoms with van der Waals surface area (Å²) in [4.78, 5) is 26.9. The predicted octanol–water partition coefficient (Wildman–Crippen LogP) is 2.82. The molecule has 2 N–H and O–H groups in total. The Morgan fingerprint density at radius 1 is 1.30 bits per heavy atom. The monoisotopic (exact) mass is 370 g/mol. The number of rotatable bonds is 6. The maximum atomic E-state index is 11.8. The molecule has 0 unspecified atom stereocenters. The third-order valence-corrected chi connectivity index (χ3v) is 4.39. The second-order valence-electron chi connectivity index (χ2n) is 6.50. The quantitative estimate of drug-likeness (QED) is 0.808. The van der Waals surface area contributed by atoms with E-state index in [1.54, 1.807) is 11.1 Å². The molecule has 1 aliphatic rings. The summed E-state index contributed by atoms with van der Waals surface area (Å²) in [5.41, 5.74) is 1.84. The van der Waals surface area contributed by atoms with Gasteiger partial charge >= 0.3 is 6.09 Å². The fraction of sp³-hybridized carbons (Fsp3) is 0.474. The van der Waals surface area contributed by atoms with Crippen LogP contribution in [0.15, 0.2) is 30.5 Å². The lowest BCUT2D eigenvalue weighted by Crippen LogP contribution is -2.42. The van der Waals surface area contributed by atoms with Crippen LogP contribution in [0.1, 0.15) is 31.2 Å². The number of hydrogen-bond acceptors (Lipinski definition) is 7. The maximum Gasteiger partial charge on any atom is 0.409 e. The lowest BCUT2D eigenvalue weighted by atomic mass is 10.1. The molecule has 1 aliphatic heterocycles. The topological polar surface area (TPSA) is 92.3 Å². The lowest BCUT2D eigenvalue weighted by molar-refractivity contribution is 0.0983. The van der Waals surface area contributed by atoms with Crippen LogP contribution in [0, 0.1) is 6.92 Å². The normalized spacial score (nSPS) is 14.7. The minimum atomic E-state index is -0.233. The summed E-state index contributed by atoms with van der Waals surface area (Å²) in [5, 5.41) is 6.69. The van der Waals surface area contributed by atoms with E-state index in [-0.39, 0.29) is 12.1 Å². The first-order valence-corrected chi connectivity index (χ1v) is 9.31.